The molecule has 1 unspecified atom stereocenters. The minimum atomic E-state index is -9.85. The van der Waals surface area contributed by atoms with Gasteiger partial charge in [-0.2, -0.15) is 0 Å². The quantitative estimate of drug-likeness (QED) is 0.304. The standard InChI is InChI=1S/C2H4BrF5O3S2.Na/c3-2(12(9,10)11)1-13(4,5,6,7)8;/h2H,1H2,(H,9,10,11);/q;+1/p-1. The second-order valence-corrected chi connectivity index (χ2v) is 8.06. The molecule has 14 heavy (non-hydrogen) atoms. The van der Waals surface area contributed by atoms with Crippen LogP contribution in [-0.4, -0.2) is 22.9 Å². The number of halogens is 6. The molecule has 0 N–H and O–H groups in total. The molecule has 0 aliphatic carbocycles. The van der Waals surface area contributed by atoms with E-state index in [-0.39, 0.29) is 29.6 Å². The van der Waals surface area contributed by atoms with Crippen molar-refractivity contribution < 1.29 is 62.0 Å². The molecule has 84 valence electrons. The van der Waals surface area contributed by atoms with Crippen molar-refractivity contribution in [2.45, 2.75) is 4.16 Å². The third-order valence-electron chi connectivity index (χ3n) is 0.759. The first-order chi connectivity index (χ1) is 5.10. The Morgan fingerprint density at radius 3 is 1.57 bits per heavy atom. The van der Waals surface area contributed by atoms with Gasteiger partial charge in [0, 0.05) is 0 Å². The summed E-state index contributed by atoms with van der Waals surface area (Å²) in [5, 5.41) is 0. The number of rotatable bonds is 3. The average molecular weight is 337 g/mol. The molecule has 0 fully saturated rings. The van der Waals surface area contributed by atoms with Crippen LogP contribution in [0.25, 0.3) is 0 Å². The fourth-order valence-electron chi connectivity index (χ4n) is 0.331. The van der Waals surface area contributed by atoms with E-state index in [9.17, 15) is 32.4 Å². The predicted octanol–water partition coefficient (Wildman–Crippen LogP) is -0.445. The Kier molecular flexibility index (Phi) is 4.70. The van der Waals surface area contributed by atoms with Gasteiger partial charge in [-0.3, -0.25) is 0 Å². The summed E-state index contributed by atoms with van der Waals surface area (Å²) in [5.74, 6) is -2.95. The molecule has 0 aromatic carbocycles. The van der Waals surface area contributed by atoms with E-state index in [2.05, 4.69) is 0 Å². The van der Waals surface area contributed by atoms with E-state index in [1.807, 2.05) is 0 Å². The van der Waals surface area contributed by atoms with Crippen LogP contribution in [0.5, 0.6) is 0 Å². The van der Waals surface area contributed by atoms with Gasteiger partial charge >= 0.3 is 29.6 Å². The summed E-state index contributed by atoms with van der Waals surface area (Å²) < 4.78 is 84.6. The van der Waals surface area contributed by atoms with E-state index in [0.717, 1.165) is 0 Å². The Morgan fingerprint density at radius 1 is 1.21 bits per heavy atom. The fraction of sp³-hybridized carbons (Fsp3) is 1.00. The second-order valence-electron chi connectivity index (χ2n) is 2.20. The molecule has 0 radical (unpaired) electrons. The Morgan fingerprint density at radius 2 is 1.50 bits per heavy atom. The molecule has 0 aliphatic heterocycles. The van der Waals surface area contributed by atoms with Crippen LogP contribution < -0.4 is 29.6 Å². The van der Waals surface area contributed by atoms with Gasteiger partial charge in [0.15, 0.2) is 0 Å². The van der Waals surface area contributed by atoms with Gasteiger partial charge in [-0.15, -0.1) is 0 Å². The Labute approximate surface area is 107 Å². The third-order valence-corrected chi connectivity index (χ3v) is 4.85. The number of hydrogen-bond acceptors (Lipinski definition) is 3. The van der Waals surface area contributed by atoms with Crippen molar-refractivity contribution in [2.75, 3.05) is 5.75 Å². The molecule has 0 amide bonds. The van der Waals surface area contributed by atoms with E-state index in [4.69, 9.17) is 0 Å². The van der Waals surface area contributed by atoms with Crippen LogP contribution >= 0.6 is 26.2 Å². The third kappa shape index (κ3) is 9.93. The molecule has 0 aromatic rings. The van der Waals surface area contributed by atoms with Crippen molar-refractivity contribution >= 4 is 36.3 Å². The van der Waals surface area contributed by atoms with Crippen LogP contribution in [0.2, 0.25) is 0 Å². The summed E-state index contributed by atoms with van der Waals surface area (Å²) in [6.07, 6.45) is 0. The van der Waals surface area contributed by atoms with Crippen molar-refractivity contribution in [1.29, 1.82) is 0 Å². The van der Waals surface area contributed by atoms with E-state index < -0.39 is 30.3 Å². The van der Waals surface area contributed by atoms with E-state index in [0.29, 0.717) is 0 Å². The molecule has 0 saturated carbocycles. The van der Waals surface area contributed by atoms with Gasteiger partial charge in [0.05, 0.1) is 0 Å². The van der Waals surface area contributed by atoms with Gasteiger partial charge < -0.3 is 4.55 Å². The molecule has 0 saturated heterocycles. The summed E-state index contributed by atoms with van der Waals surface area (Å²) in [7, 11) is -15.3. The second kappa shape index (κ2) is 3.70. The molecule has 12 heteroatoms. The molecule has 0 spiro atoms. The topological polar surface area (TPSA) is 57.2 Å². The summed E-state index contributed by atoms with van der Waals surface area (Å²) in [4.78, 5) is 0. The number of hydrogen-bond donors (Lipinski definition) is 0. The fourth-order valence-corrected chi connectivity index (χ4v) is 3.76. The maximum Gasteiger partial charge on any atom is 1.00 e. The van der Waals surface area contributed by atoms with Gasteiger partial charge in [0.25, 0.3) is 10.2 Å². The van der Waals surface area contributed by atoms with Gasteiger partial charge in [0.1, 0.15) is 20.0 Å². The van der Waals surface area contributed by atoms with Crippen molar-refractivity contribution in [1.82, 2.24) is 0 Å². The van der Waals surface area contributed by atoms with Gasteiger partial charge in [-0.05, 0) is 0 Å². The molecule has 0 bridgehead atoms. The molecular formula is C2H3BrF5NaO3S2. The SMILES string of the molecule is O=S(=O)([O-])C(Br)CS(F)(F)(F)(F)F.[Na+]. The van der Waals surface area contributed by atoms with Crippen molar-refractivity contribution in [3.05, 3.63) is 0 Å². The van der Waals surface area contributed by atoms with Crippen LogP contribution in [0.3, 0.4) is 0 Å². The average Bonchev–Trinajstić information content (AvgIpc) is 1.51. The zero-order valence-electron chi connectivity index (χ0n) is 6.59. The minimum Gasteiger partial charge on any atom is -0.747 e. The van der Waals surface area contributed by atoms with Crippen molar-refractivity contribution in [3.63, 3.8) is 0 Å². The first kappa shape index (κ1) is 17.8. The summed E-state index contributed by atoms with van der Waals surface area (Å²) in [6, 6.07) is 0. The molecule has 0 heterocycles. The van der Waals surface area contributed by atoms with Crippen LogP contribution in [0.15, 0.2) is 0 Å². The molecule has 1 atom stereocenters. The molecule has 3 nitrogen and oxygen atoms in total. The Hall–Kier alpha value is 1.39. The molecule has 0 aromatic heterocycles. The molecule has 0 rings (SSSR count). The first-order valence-electron chi connectivity index (χ1n) is 2.42. The smallest absolute Gasteiger partial charge is 0.747 e. The first-order valence-corrected chi connectivity index (χ1v) is 6.93. The van der Waals surface area contributed by atoms with Gasteiger partial charge in [-0.1, -0.05) is 35.4 Å². The van der Waals surface area contributed by atoms with Gasteiger partial charge in [0.2, 0.25) is 0 Å². The molecule has 0 aliphatic rings. The van der Waals surface area contributed by atoms with Gasteiger partial charge in [-0.25, -0.2) is 8.42 Å². The Bertz CT molecular complexity index is 308. The minimum absolute atomic E-state index is 0. The van der Waals surface area contributed by atoms with Crippen LogP contribution in [0.1, 0.15) is 0 Å². The maximum absolute atomic E-state index is 11.6. The van der Waals surface area contributed by atoms with E-state index in [1.165, 1.54) is 0 Å². The molecular weight excluding hydrogens is 334 g/mol. The van der Waals surface area contributed by atoms with Crippen LogP contribution in [0.4, 0.5) is 19.4 Å². The summed E-state index contributed by atoms with van der Waals surface area (Å²) in [6.45, 7) is 0. The monoisotopic (exact) mass is 336 g/mol. The largest absolute Gasteiger partial charge is 1.00 e. The maximum atomic E-state index is 11.6. The van der Waals surface area contributed by atoms with E-state index >= 15 is 0 Å². The summed E-state index contributed by atoms with van der Waals surface area (Å²) >= 11 is 1.73. The Balaban J connectivity index is 0. The predicted molar refractivity (Wildman–Crippen MR) is 40.4 cm³/mol. The van der Waals surface area contributed by atoms with E-state index in [1.54, 1.807) is 15.9 Å². The zero-order valence-corrected chi connectivity index (χ0v) is 11.8. The van der Waals surface area contributed by atoms with Crippen LogP contribution in [0, 0.1) is 0 Å². The zero-order chi connectivity index (χ0) is 11.2. The van der Waals surface area contributed by atoms with Crippen molar-refractivity contribution in [2.24, 2.45) is 0 Å². The van der Waals surface area contributed by atoms with Crippen LogP contribution in [-0.2, 0) is 10.1 Å². The van der Waals surface area contributed by atoms with Crippen molar-refractivity contribution in [3.8, 4) is 0 Å². The summed E-state index contributed by atoms with van der Waals surface area (Å²) in [5.41, 5.74) is 0. The normalized spacial score (nSPS) is 20.2. The number of alkyl halides is 1.